The van der Waals surface area contributed by atoms with Crippen molar-refractivity contribution in [1.29, 1.82) is 0 Å². The largest absolute Gasteiger partial charge is 0.495 e. The Morgan fingerprint density at radius 1 is 1.10 bits per heavy atom. The fraction of sp³-hybridized carbons (Fsp3) is 0.133. The third-order valence-corrected chi connectivity index (χ3v) is 3.63. The van der Waals surface area contributed by atoms with Crippen molar-refractivity contribution >= 4 is 39.9 Å². The Hall–Kier alpha value is -1.76. The number of carbonyl (C=O) groups excluding carboxylic acids is 1. The molecule has 0 aliphatic rings. The van der Waals surface area contributed by atoms with Gasteiger partial charge in [0.05, 0.1) is 25.0 Å². The summed E-state index contributed by atoms with van der Waals surface area (Å²) in [5.41, 5.74) is 1.62. The molecule has 2 rings (SSSR count). The van der Waals surface area contributed by atoms with Crippen LogP contribution in [0.3, 0.4) is 0 Å². The fourth-order valence-corrected chi connectivity index (χ4v) is 2.25. The molecule has 0 saturated carbocycles. The highest BCUT2D eigenvalue weighted by atomic mass is 127. The maximum absolute atomic E-state index is 11.9. The third kappa shape index (κ3) is 3.86. The van der Waals surface area contributed by atoms with Crippen molar-refractivity contribution in [2.75, 3.05) is 24.3 Å². The minimum absolute atomic E-state index is 0.0972. The summed E-state index contributed by atoms with van der Waals surface area (Å²) < 4.78 is 6.23. The lowest BCUT2D eigenvalue weighted by atomic mass is 10.3. The summed E-state index contributed by atoms with van der Waals surface area (Å²) in [6, 6.07) is 15.2. The molecule has 0 radical (unpaired) electrons. The lowest BCUT2D eigenvalue weighted by molar-refractivity contribution is -0.114. The predicted octanol–water partition coefficient (Wildman–Crippen LogP) is 3.35. The van der Waals surface area contributed by atoms with Gasteiger partial charge in [0, 0.05) is 3.57 Å². The van der Waals surface area contributed by atoms with Gasteiger partial charge in [-0.2, -0.15) is 0 Å². The predicted molar refractivity (Wildman–Crippen MR) is 89.3 cm³/mol. The van der Waals surface area contributed by atoms with E-state index in [1.807, 2.05) is 48.5 Å². The molecule has 104 valence electrons. The van der Waals surface area contributed by atoms with E-state index in [1.54, 1.807) is 7.11 Å². The lowest BCUT2D eigenvalue weighted by Gasteiger charge is -2.11. The first-order chi connectivity index (χ1) is 9.70. The van der Waals surface area contributed by atoms with E-state index < -0.39 is 0 Å². The van der Waals surface area contributed by atoms with Gasteiger partial charge in [-0.05, 0) is 46.9 Å². The first-order valence-electron chi connectivity index (χ1n) is 6.12. The van der Waals surface area contributed by atoms with E-state index in [4.69, 9.17) is 4.74 Å². The monoisotopic (exact) mass is 382 g/mol. The maximum Gasteiger partial charge on any atom is 0.243 e. The molecule has 0 atom stereocenters. The van der Waals surface area contributed by atoms with Crippen LogP contribution in [-0.4, -0.2) is 19.6 Å². The summed E-state index contributed by atoms with van der Waals surface area (Å²) in [6.45, 7) is 0.186. The van der Waals surface area contributed by atoms with Gasteiger partial charge >= 0.3 is 0 Å². The number of amides is 1. The van der Waals surface area contributed by atoms with E-state index in [9.17, 15) is 4.79 Å². The second-order valence-corrected chi connectivity index (χ2v) is 5.24. The van der Waals surface area contributed by atoms with Gasteiger partial charge in [0.15, 0.2) is 0 Å². The molecule has 2 aromatic rings. The van der Waals surface area contributed by atoms with Gasteiger partial charge < -0.3 is 15.4 Å². The average molecular weight is 382 g/mol. The lowest BCUT2D eigenvalue weighted by Crippen LogP contribution is -2.22. The zero-order chi connectivity index (χ0) is 14.4. The van der Waals surface area contributed by atoms with E-state index in [0.29, 0.717) is 0 Å². The van der Waals surface area contributed by atoms with Crippen molar-refractivity contribution in [2.24, 2.45) is 0 Å². The Labute approximate surface area is 131 Å². The Morgan fingerprint density at radius 2 is 1.75 bits per heavy atom. The van der Waals surface area contributed by atoms with Crippen LogP contribution in [0, 0.1) is 3.57 Å². The number of benzene rings is 2. The SMILES string of the molecule is COc1ccccc1NCC(=O)Nc1ccccc1I. The minimum atomic E-state index is -0.0972. The van der Waals surface area contributed by atoms with Crippen molar-refractivity contribution < 1.29 is 9.53 Å². The summed E-state index contributed by atoms with van der Waals surface area (Å²) >= 11 is 2.19. The first-order valence-corrected chi connectivity index (χ1v) is 7.20. The average Bonchev–Trinajstić information content (AvgIpc) is 2.48. The molecule has 20 heavy (non-hydrogen) atoms. The van der Waals surface area contributed by atoms with Crippen LogP contribution in [0.4, 0.5) is 11.4 Å². The van der Waals surface area contributed by atoms with Crippen LogP contribution in [0.2, 0.25) is 0 Å². The van der Waals surface area contributed by atoms with Gasteiger partial charge in [-0.15, -0.1) is 0 Å². The highest BCUT2D eigenvalue weighted by Gasteiger charge is 2.06. The van der Waals surface area contributed by atoms with Crippen molar-refractivity contribution in [2.45, 2.75) is 0 Å². The second-order valence-electron chi connectivity index (χ2n) is 4.08. The molecule has 0 aliphatic carbocycles. The second kappa shape index (κ2) is 7.14. The molecule has 0 fully saturated rings. The van der Waals surface area contributed by atoms with Crippen LogP contribution in [0.5, 0.6) is 5.75 Å². The standard InChI is InChI=1S/C15H15IN2O2/c1-20-14-9-5-4-8-13(14)17-10-15(19)18-12-7-3-2-6-11(12)16/h2-9,17H,10H2,1H3,(H,18,19). The van der Waals surface area contributed by atoms with Crippen molar-refractivity contribution in [1.82, 2.24) is 0 Å². The van der Waals surface area contributed by atoms with E-state index in [1.165, 1.54) is 0 Å². The molecule has 0 saturated heterocycles. The molecule has 0 bridgehead atoms. The Balaban J connectivity index is 1.94. The molecule has 0 heterocycles. The molecule has 1 amide bonds. The highest BCUT2D eigenvalue weighted by Crippen LogP contribution is 2.22. The van der Waals surface area contributed by atoms with E-state index in [2.05, 4.69) is 33.2 Å². The molecule has 0 aliphatic heterocycles. The summed E-state index contributed by atoms with van der Waals surface area (Å²) in [6.07, 6.45) is 0. The van der Waals surface area contributed by atoms with Crippen LogP contribution in [0.1, 0.15) is 0 Å². The van der Waals surface area contributed by atoms with Crippen LogP contribution in [-0.2, 0) is 4.79 Å². The number of hydrogen-bond donors (Lipinski definition) is 2. The van der Waals surface area contributed by atoms with Crippen LogP contribution >= 0.6 is 22.6 Å². The normalized spacial score (nSPS) is 9.90. The quantitative estimate of drug-likeness (QED) is 0.780. The molecular weight excluding hydrogens is 367 g/mol. The number of anilines is 2. The van der Waals surface area contributed by atoms with Gasteiger partial charge in [0.2, 0.25) is 5.91 Å². The number of halogens is 1. The zero-order valence-corrected chi connectivity index (χ0v) is 13.2. The van der Waals surface area contributed by atoms with Crippen molar-refractivity contribution in [3.8, 4) is 5.75 Å². The topological polar surface area (TPSA) is 50.4 Å². The summed E-state index contributed by atoms with van der Waals surface area (Å²) in [7, 11) is 1.60. The van der Waals surface area contributed by atoms with Gasteiger partial charge in [-0.1, -0.05) is 24.3 Å². The number of ether oxygens (including phenoxy) is 1. The van der Waals surface area contributed by atoms with Gasteiger partial charge in [0.25, 0.3) is 0 Å². The van der Waals surface area contributed by atoms with Crippen LogP contribution in [0.25, 0.3) is 0 Å². The Morgan fingerprint density at radius 3 is 2.45 bits per heavy atom. The number of methoxy groups -OCH3 is 1. The van der Waals surface area contributed by atoms with Gasteiger partial charge in [-0.25, -0.2) is 0 Å². The van der Waals surface area contributed by atoms with Gasteiger partial charge in [-0.3, -0.25) is 4.79 Å². The molecule has 2 aromatic carbocycles. The Bertz CT molecular complexity index is 602. The number of carbonyl (C=O) groups is 1. The smallest absolute Gasteiger partial charge is 0.243 e. The number of nitrogens with one attached hydrogen (secondary N) is 2. The van der Waals surface area contributed by atoms with E-state index >= 15 is 0 Å². The molecule has 5 heteroatoms. The summed E-state index contributed by atoms with van der Waals surface area (Å²) in [4.78, 5) is 11.9. The number of para-hydroxylation sites is 3. The highest BCUT2D eigenvalue weighted by molar-refractivity contribution is 14.1. The van der Waals surface area contributed by atoms with Crippen molar-refractivity contribution in [3.05, 3.63) is 52.1 Å². The molecule has 0 aromatic heterocycles. The zero-order valence-electron chi connectivity index (χ0n) is 11.0. The number of hydrogen-bond acceptors (Lipinski definition) is 3. The number of rotatable bonds is 5. The maximum atomic E-state index is 11.9. The summed E-state index contributed by atoms with van der Waals surface area (Å²) in [5.74, 6) is 0.620. The van der Waals surface area contributed by atoms with Crippen LogP contribution < -0.4 is 15.4 Å². The molecule has 0 spiro atoms. The van der Waals surface area contributed by atoms with Crippen LogP contribution in [0.15, 0.2) is 48.5 Å². The minimum Gasteiger partial charge on any atom is -0.495 e. The molecule has 0 unspecified atom stereocenters. The molecule has 4 nitrogen and oxygen atoms in total. The van der Waals surface area contributed by atoms with Crippen molar-refractivity contribution in [3.63, 3.8) is 0 Å². The summed E-state index contributed by atoms with van der Waals surface area (Å²) in [5, 5.41) is 5.93. The third-order valence-electron chi connectivity index (χ3n) is 2.69. The van der Waals surface area contributed by atoms with E-state index in [-0.39, 0.29) is 12.5 Å². The van der Waals surface area contributed by atoms with Gasteiger partial charge in [0.1, 0.15) is 5.75 Å². The fourth-order valence-electron chi connectivity index (χ4n) is 1.72. The first kappa shape index (κ1) is 14.6. The van der Waals surface area contributed by atoms with E-state index in [0.717, 1.165) is 20.7 Å². The molecular formula is C15H15IN2O2. The molecule has 2 N–H and O–H groups in total. The Kier molecular flexibility index (Phi) is 5.23.